The van der Waals surface area contributed by atoms with Gasteiger partial charge in [0.2, 0.25) is 5.91 Å². The number of thiazole rings is 1. The van der Waals surface area contributed by atoms with Crippen LogP contribution in [0.4, 0.5) is 16.5 Å². The molecule has 3 aromatic rings. The minimum absolute atomic E-state index is 0.0831. The Balaban J connectivity index is 1.72. The average molecular weight is 351 g/mol. The molecule has 0 bridgehead atoms. The number of nitrogens with one attached hydrogen (secondary N) is 2. The van der Waals surface area contributed by atoms with Gasteiger partial charge in [-0.15, -0.1) is 11.3 Å². The lowest BCUT2D eigenvalue weighted by molar-refractivity contribution is -0.114. The number of amides is 1. The van der Waals surface area contributed by atoms with E-state index in [2.05, 4.69) is 52.2 Å². The van der Waals surface area contributed by atoms with Gasteiger partial charge in [-0.1, -0.05) is 43.7 Å². The van der Waals surface area contributed by atoms with Crippen molar-refractivity contribution in [2.75, 3.05) is 10.6 Å². The molecule has 0 radical (unpaired) electrons. The van der Waals surface area contributed by atoms with Gasteiger partial charge in [0, 0.05) is 29.2 Å². The molecule has 0 spiro atoms. The Labute approximate surface area is 151 Å². The number of benzene rings is 2. The van der Waals surface area contributed by atoms with Crippen LogP contribution < -0.4 is 10.6 Å². The molecule has 1 heterocycles. The van der Waals surface area contributed by atoms with E-state index in [-0.39, 0.29) is 5.91 Å². The Morgan fingerprint density at radius 2 is 1.88 bits per heavy atom. The summed E-state index contributed by atoms with van der Waals surface area (Å²) < 4.78 is 0. The highest BCUT2D eigenvalue weighted by atomic mass is 32.1. The second-order valence-corrected chi connectivity index (χ2v) is 6.73. The van der Waals surface area contributed by atoms with Crippen LogP contribution in [0.2, 0.25) is 0 Å². The number of hydrogen-bond acceptors (Lipinski definition) is 4. The van der Waals surface area contributed by atoms with Gasteiger partial charge in [0.15, 0.2) is 5.13 Å². The molecule has 0 unspecified atom stereocenters. The summed E-state index contributed by atoms with van der Waals surface area (Å²) >= 11 is 1.56. The molecule has 0 aliphatic rings. The predicted molar refractivity (Wildman–Crippen MR) is 106 cm³/mol. The molecule has 0 saturated heterocycles. The summed E-state index contributed by atoms with van der Waals surface area (Å²) in [7, 11) is 0. The topological polar surface area (TPSA) is 54.0 Å². The zero-order valence-corrected chi connectivity index (χ0v) is 15.2. The molecular formula is C20H21N3OS. The zero-order chi connectivity index (χ0) is 17.6. The van der Waals surface area contributed by atoms with Crippen molar-refractivity contribution in [3.05, 3.63) is 59.5 Å². The van der Waals surface area contributed by atoms with E-state index >= 15 is 0 Å². The molecule has 2 N–H and O–H groups in total. The van der Waals surface area contributed by atoms with Gasteiger partial charge in [-0.25, -0.2) is 4.98 Å². The maximum absolute atomic E-state index is 11.2. The lowest BCUT2D eigenvalue weighted by atomic mass is 10.1. The van der Waals surface area contributed by atoms with Gasteiger partial charge in [0.1, 0.15) is 0 Å². The third-order valence-corrected chi connectivity index (χ3v) is 4.48. The molecule has 4 nitrogen and oxygen atoms in total. The van der Waals surface area contributed by atoms with Crippen LogP contribution in [0.1, 0.15) is 25.8 Å². The summed E-state index contributed by atoms with van der Waals surface area (Å²) in [5.74, 6) is -0.0831. The Morgan fingerprint density at radius 1 is 1.12 bits per heavy atom. The third kappa shape index (κ3) is 4.67. The molecule has 128 valence electrons. The largest absolute Gasteiger partial charge is 0.331 e. The number of anilines is 3. The summed E-state index contributed by atoms with van der Waals surface area (Å²) in [5, 5.41) is 8.95. The van der Waals surface area contributed by atoms with E-state index in [9.17, 15) is 4.79 Å². The minimum Gasteiger partial charge on any atom is -0.331 e. The number of rotatable bonds is 6. The Morgan fingerprint density at radius 3 is 2.60 bits per heavy atom. The van der Waals surface area contributed by atoms with Gasteiger partial charge < -0.3 is 10.6 Å². The second kappa shape index (κ2) is 7.94. The van der Waals surface area contributed by atoms with Gasteiger partial charge in [-0.3, -0.25) is 4.79 Å². The summed E-state index contributed by atoms with van der Waals surface area (Å²) in [4.78, 5) is 15.8. The molecule has 1 aromatic heterocycles. The van der Waals surface area contributed by atoms with E-state index in [0.29, 0.717) is 0 Å². The molecule has 0 atom stereocenters. The van der Waals surface area contributed by atoms with Crippen LogP contribution in [0.3, 0.4) is 0 Å². The van der Waals surface area contributed by atoms with E-state index in [1.54, 1.807) is 11.3 Å². The summed E-state index contributed by atoms with van der Waals surface area (Å²) in [6.07, 6.45) is 2.26. The SMILES string of the molecule is CCCc1ccc(-c2csc(Nc3cccc(NC(C)=O)c3)n2)cc1. The van der Waals surface area contributed by atoms with Crippen molar-refractivity contribution in [1.82, 2.24) is 4.98 Å². The number of carbonyl (C=O) groups is 1. The molecular weight excluding hydrogens is 330 g/mol. The number of aromatic nitrogens is 1. The smallest absolute Gasteiger partial charge is 0.221 e. The van der Waals surface area contributed by atoms with Gasteiger partial charge in [-0.05, 0) is 30.2 Å². The lowest BCUT2D eigenvalue weighted by Crippen LogP contribution is -2.05. The molecule has 0 aliphatic heterocycles. The monoisotopic (exact) mass is 351 g/mol. The maximum Gasteiger partial charge on any atom is 0.221 e. The zero-order valence-electron chi connectivity index (χ0n) is 14.4. The lowest BCUT2D eigenvalue weighted by Gasteiger charge is -2.06. The minimum atomic E-state index is -0.0831. The fourth-order valence-corrected chi connectivity index (χ4v) is 3.34. The van der Waals surface area contributed by atoms with Crippen molar-refractivity contribution >= 4 is 33.8 Å². The van der Waals surface area contributed by atoms with Crippen LogP contribution >= 0.6 is 11.3 Å². The van der Waals surface area contributed by atoms with Gasteiger partial charge >= 0.3 is 0 Å². The highest BCUT2D eigenvalue weighted by Gasteiger charge is 2.06. The first-order valence-electron chi connectivity index (χ1n) is 8.33. The molecule has 0 aliphatic carbocycles. The van der Waals surface area contributed by atoms with Gasteiger partial charge in [0.25, 0.3) is 0 Å². The van der Waals surface area contributed by atoms with E-state index in [0.717, 1.165) is 40.6 Å². The molecule has 0 saturated carbocycles. The molecule has 5 heteroatoms. The van der Waals surface area contributed by atoms with Crippen LogP contribution in [-0.4, -0.2) is 10.9 Å². The first-order valence-corrected chi connectivity index (χ1v) is 9.21. The Hall–Kier alpha value is -2.66. The molecule has 1 amide bonds. The fraction of sp³-hybridized carbons (Fsp3) is 0.200. The van der Waals surface area contributed by atoms with E-state index in [4.69, 9.17) is 0 Å². The standard InChI is InChI=1S/C20H21N3OS/c1-3-5-15-8-10-16(11-9-15)19-13-25-20(23-19)22-18-7-4-6-17(12-18)21-14(2)24/h4,6-13H,3,5H2,1-2H3,(H,21,24)(H,22,23). The van der Waals surface area contributed by atoms with Gasteiger partial charge in [0.05, 0.1) is 5.69 Å². The number of carbonyl (C=O) groups excluding carboxylic acids is 1. The highest BCUT2D eigenvalue weighted by molar-refractivity contribution is 7.14. The normalized spacial score (nSPS) is 10.5. The third-order valence-electron chi connectivity index (χ3n) is 3.73. The molecule has 0 fully saturated rings. The van der Waals surface area contributed by atoms with Crippen molar-refractivity contribution in [2.45, 2.75) is 26.7 Å². The van der Waals surface area contributed by atoms with Gasteiger partial charge in [-0.2, -0.15) is 0 Å². The first kappa shape index (κ1) is 17.2. The average Bonchev–Trinajstić information content (AvgIpc) is 3.04. The Kier molecular flexibility index (Phi) is 5.46. The summed E-state index contributed by atoms with van der Waals surface area (Å²) in [5.41, 5.74) is 5.10. The van der Waals surface area contributed by atoms with Crippen molar-refractivity contribution < 1.29 is 4.79 Å². The quantitative estimate of drug-likeness (QED) is 0.619. The number of aryl methyl sites for hydroxylation is 1. The van der Waals surface area contributed by atoms with E-state index in [1.807, 2.05) is 24.3 Å². The summed E-state index contributed by atoms with van der Waals surface area (Å²) in [6.45, 7) is 3.69. The maximum atomic E-state index is 11.2. The van der Waals surface area contributed by atoms with Crippen LogP contribution in [0.25, 0.3) is 11.3 Å². The van der Waals surface area contributed by atoms with Crippen LogP contribution in [0.5, 0.6) is 0 Å². The summed E-state index contributed by atoms with van der Waals surface area (Å²) in [6, 6.07) is 16.2. The molecule has 2 aromatic carbocycles. The fourth-order valence-electron chi connectivity index (χ4n) is 2.60. The van der Waals surface area contributed by atoms with Crippen LogP contribution in [0, 0.1) is 0 Å². The van der Waals surface area contributed by atoms with Crippen LogP contribution in [0.15, 0.2) is 53.9 Å². The molecule has 25 heavy (non-hydrogen) atoms. The molecule has 3 rings (SSSR count). The van der Waals surface area contributed by atoms with E-state index < -0.39 is 0 Å². The number of nitrogens with zero attached hydrogens (tertiary/aromatic N) is 1. The van der Waals surface area contributed by atoms with Crippen LogP contribution in [-0.2, 0) is 11.2 Å². The van der Waals surface area contributed by atoms with E-state index in [1.165, 1.54) is 12.5 Å². The van der Waals surface area contributed by atoms with Crippen molar-refractivity contribution in [2.24, 2.45) is 0 Å². The highest BCUT2D eigenvalue weighted by Crippen LogP contribution is 2.28. The number of hydrogen-bond donors (Lipinski definition) is 2. The van der Waals surface area contributed by atoms with Crippen molar-refractivity contribution in [3.8, 4) is 11.3 Å². The van der Waals surface area contributed by atoms with Crippen molar-refractivity contribution in [1.29, 1.82) is 0 Å². The Bertz CT molecular complexity index is 855. The predicted octanol–water partition coefficient (Wildman–Crippen LogP) is 5.46. The second-order valence-electron chi connectivity index (χ2n) is 5.87. The van der Waals surface area contributed by atoms with Crippen molar-refractivity contribution in [3.63, 3.8) is 0 Å². The first-order chi connectivity index (χ1) is 12.1.